The fraction of sp³-hybridized carbons (Fsp3) is 0.300. The van der Waals surface area contributed by atoms with Gasteiger partial charge in [-0.3, -0.25) is 4.79 Å². The normalized spacial score (nSPS) is 11.0. The number of hydrogen-bond acceptors (Lipinski definition) is 4. The molecule has 0 spiro atoms. The van der Waals surface area contributed by atoms with Gasteiger partial charge in [-0.15, -0.1) is 0 Å². The van der Waals surface area contributed by atoms with Crippen molar-refractivity contribution >= 4 is 17.6 Å². The molecule has 28 heavy (non-hydrogen) atoms. The summed E-state index contributed by atoms with van der Waals surface area (Å²) in [4.78, 5) is 23.8. The zero-order valence-electron chi connectivity index (χ0n) is 15.2. The molecular weight excluding hydrogens is 375 g/mol. The van der Waals surface area contributed by atoms with Gasteiger partial charge in [0.2, 0.25) is 0 Å². The Bertz CT molecular complexity index is 787. The third-order valence-corrected chi connectivity index (χ3v) is 3.69. The summed E-state index contributed by atoms with van der Waals surface area (Å²) < 4.78 is 47.9. The number of nitrogens with one attached hydrogen (secondary N) is 1. The molecule has 2 rings (SSSR count). The van der Waals surface area contributed by atoms with Crippen molar-refractivity contribution < 1.29 is 32.2 Å². The van der Waals surface area contributed by atoms with Crippen LogP contribution in [0.2, 0.25) is 0 Å². The summed E-state index contributed by atoms with van der Waals surface area (Å²) in [7, 11) is 0. The van der Waals surface area contributed by atoms with Gasteiger partial charge in [-0.1, -0.05) is 13.3 Å². The van der Waals surface area contributed by atoms with Crippen LogP contribution in [-0.4, -0.2) is 25.1 Å². The zero-order valence-corrected chi connectivity index (χ0v) is 15.2. The second-order valence-corrected chi connectivity index (χ2v) is 5.93. The number of rotatable bonds is 8. The van der Waals surface area contributed by atoms with Gasteiger partial charge in [0.1, 0.15) is 5.75 Å². The standard InChI is InChI=1S/C20H20F3NO4/c1-2-3-12-27-17-10-4-14(5-11-17)19(26)28-13-18(25)24-16-8-6-15(7-9-16)20(21,22)23/h4-11H,2-3,12-13H2,1H3,(H,24,25). The van der Waals surface area contributed by atoms with Crippen molar-refractivity contribution in [1.82, 2.24) is 0 Å². The first-order chi connectivity index (χ1) is 13.3. The average molecular weight is 395 g/mol. The quantitative estimate of drug-likeness (QED) is 0.521. The van der Waals surface area contributed by atoms with Crippen LogP contribution in [0.3, 0.4) is 0 Å². The molecule has 0 fully saturated rings. The lowest BCUT2D eigenvalue weighted by Crippen LogP contribution is -2.21. The number of amides is 1. The Morgan fingerprint density at radius 2 is 1.64 bits per heavy atom. The van der Waals surface area contributed by atoms with E-state index in [4.69, 9.17) is 9.47 Å². The molecule has 0 aliphatic carbocycles. The minimum absolute atomic E-state index is 0.169. The van der Waals surface area contributed by atoms with Crippen molar-refractivity contribution in [3.63, 3.8) is 0 Å². The maximum absolute atomic E-state index is 12.5. The van der Waals surface area contributed by atoms with E-state index < -0.39 is 30.2 Å². The van der Waals surface area contributed by atoms with Gasteiger partial charge in [0.15, 0.2) is 6.61 Å². The third kappa shape index (κ3) is 6.61. The smallest absolute Gasteiger partial charge is 0.416 e. The second kappa shape index (κ2) is 9.77. The van der Waals surface area contributed by atoms with E-state index in [1.807, 2.05) is 0 Å². The number of ether oxygens (including phenoxy) is 2. The topological polar surface area (TPSA) is 64.6 Å². The third-order valence-electron chi connectivity index (χ3n) is 3.69. The van der Waals surface area contributed by atoms with Crippen molar-refractivity contribution in [3.8, 4) is 5.75 Å². The summed E-state index contributed by atoms with van der Waals surface area (Å²) in [6.07, 6.45) is -2.51. The summed E-state index contributed by atoms with van der Waals surface area (Å²) in [6, 6.07) is 10.3. The molecule has 2 aromatic rings. The largest absolute Gasteiger partial charge is 0.494 e. The van der Waals surface area contributed by atoms with Gasteiger partial charge in [-0.05, 0) is 55.0 Å². The minimum atomic E-state index is -4.45. The lowest BCUT2D eigenvalue weighted by atomic mass is 10.2. The lowest BCUT2D eigenvalue weighted by Gasteiger charge is -2.09. The average Bonchev–Trinajstić information content (AvgIpc) is 2.66. The monoisotopic (exact) mass is 395 g/mol. The van der Waals surface area contributed by atoms with Crippen molar-refractivity contribution in [3.05, 3.63) is 59.7 Å². The van der Waals surface area contributed by atoms with E-state index in [1.165, 1.54) is 12.1 Å². The fourth-order valence-corrected chi connectivity index (χ4v) is 2.18. The van der Waals surface area contributed by atoms with Crippen LogP contribution in [0.4, 0.5) is 18.9 Å². The Balaban J connectivity index is 1.81. The van der Waals surface area contributed by atoms with Crippen LogP contribution in [0.25, 0.3) is 0 Å². The van der Waals surface area contributed by atoms with Gasteiger partial charge in [-0.2, -0.15) is 13.2 Å². The summed E-state index contributed by atoms with van der Waals surface area (Å²) in [6.45, 7) is 2.08. The van der Waals surface area contributed by atoms with E-state index in [2.05, 4.69) is 12.2 Å². The highest BCUT2D eigenvalue weighted by Crippen LogP contribution is 2.29. The number of hydrogen-bond donors (Lipinski definition) is 1. The maximum Gasteiger partial charge on any atom is 0.416 e. The van der Waals surface area contributed by atoms with Crippen molar-refractivity contribution in [1.29, 1.82) is 0 Å². The molecule has 0 heterocycles. The van der Waals surface area contributed by atoms with Crippen LogP contribution in [-0.2, 0) is 15.7 Å². The molecule has 0 aromatic heterocycles. The molecular formula is C20H20F3NO4. The Morgan fingerprint density at radius 1 is 1.00 bits per heavy atom. The number of carbonyl (C=O) groups is 2. The van der Waals surface area contributed by atoms with E-state index in [-0.39, 0.29) is 11.3 Å². The maximum atomic E-state index is 12.5. The molecule has 1 amide bonds. The SMILES string of the molecule is CCCCOc1ccc(C(=O)OCC(=O)Nc2ccc(C(F)(F)F)cc2)cc1. The summed E-state index contributed by atoms with van der Waals surface area (Å²) in [5, 5.41) is 2.36. The fourth-order valence-electron chi connectivity index (χ4n) is 2.18. The number of benzene rings is 2. The molecule has 0 bridgehead atoms. The van der Waals surface area contributed by atoms with E-state index in [9.17, 15) is 22.8 Å². The van der Waals surface area contributed by atoms with Crippen LogP contribution < -0.4 is 10.1 Å². The van der Waals surface area contributed by atoms with E-state index in [0.29, 0.717) is 12.4 Å². The first-order valence-electron chi connectivity index (χ1n) is 8.66. The molecule has 0 aliphatic rings. The number of esters is 1. The molecule has 0 saturated carbocycles. The first-order valence-corrected chi connectivity index (χ1v) is 8.66. The summed E-state index contributed by atoms with van der Waals surface area (Å²) in [5.74, 6) is -0.722. The molecule has 0 unspecified atom stereocenters. The number of carbonyl (C=O) groups excluding carboxylic acids is 2. The minimum Gasteiger partial charge on any atom is -0.494 e. The molecule has 5 nitrogen and oxygen atoms in total. The number of alkyl halides is 3. The van der Waals surface area contributed by atoms with E-state index >= 15 is 0 Å². The highest BCUT2D eigenvalue weighted by molar-refractivity contribution is 5.95. The molecule has 0 saturated heterocycles. The molecule has 8 heteroatoms. The van der Waals surface area contributed by atoms with Crippen molar-refractivity contribution in [2.45, 2.75) is 25.9 Å². The molecule has 2 aromatic carbocycles. The van der Waals surface area contributed by atoms with Crippen LogP contribution in [0, 0.1) is 0 Å². The van der Waals surface area contributed by atoms with Crippen molar-refractivity contribution in [2.24, 2.45) is 0 Å². The summed E-state index contributed by atoms with van der Waals surface area (Å²) in [5.41, 5.74) is -0.396. The van der Waals surface area contributed by atoms with Crippen LogP contribution >= 0.6 is 0 Å². The molecule has 0 atom stereocenters. The number of anilines is 1. The molecule has 150 valence electrons. The van der Waals surface area contributed by atoms with E-state index in [1.54, 1.807) is 12.1 Å². The predicted octanol–water partition coefficient (Wildman–Crippen LogP) is 4.68. The number of halogens is 3. The van der Waals surface area contributed by atoms with Gasteiger partial charge in [0, 0.05) is 5.69 Å². The predicted molar refractivity (Wildman–Crippen MR) is 97.2 cm³/mol. The van der Waals surface area contributed by atoms with Gasteiger partial charge in [0.25, 0.3) is 5.91 Å². The Kier molecular flexibility index (Phi) is 7.43. The van der Waals surface area contributed by atoms with Crippen LogP contribution in [0.5, 0.6) is 5.75 Å². The Labute approximate surface area is 160 Å². The van der Waals surface area contributed by atoms with Crippen LogP contribution in [0.1, 0.15) is 35.7 Å². The second-order valence-electron chi connectivity index (χ2n) is 5.93. The highest BCUT2D eigenvalue weighted by atomic mass is 19.4. The van der Waals surface area contributed by atoms with Gasteiger partial charge in [-0.25, -0.2) is 4.79 Å². The van der Waals surface area contributed by atoms with E-state index in [0.717, 1.165) is 37.1 Å². The molecule has 1 N–H and O–H groups in total. The van der Waals surface area contributed by atoms with Gasteiger partial charge >= 0.3 is 12.1 Å². The Hall–Kier alpha value is -3.03. The van der Waals surface area contributed by atoms with Crippen LogP contribution in [0.15, 0.2) is 48.5 Å². The van der Waals surface area contributed by atoms with Gasteiger partial charge in [0.05, 0.1) is 17.7 Å². The summed E-state index contributed by atoms with van der Waals surface area (Å²) >= 11 is 0. The zero-order chi connectivity index (χ0) is 20.6. The molecule has 0 radical (unpaired) electrons. The van der Waals surface area contributed by atoms with Crippen molar-refractivity contribution in [2.75, 3.05) is 18.5 Å². The lowest BCUT2D eigenvalue weighted by molar-refractivity contribution is -0.137. The highest BCUT2D eigenvalue weighted by Gasteiger charge is 2.30. The first kappa shape index (κ1) is 21.3. The van der Waals surface area contributed by atoms with Gasteiger partial charge < -0.3 is 14.8 Å². The number of unbranched alkanes of at least 4 members (excludes halogenated alkanes) is 1. The molecule has 0 aliphatic heterocycles. The Morgan fingerprint density at radius 3 is 2.21 bits per heavy atom.